The minimum atomic E-state index is -0.255. The Morgan fingerprint density at radius 3 is 2.74 bits per heavy atom. The molecule has 2 aromatic rings. The highest BCUT2D eigenvalue weighted by molar-refractivity contribution is 5.84. The van der Waals surface area contributed by atoms with Crippen molar-refractivity contribution in [2.45, 2.75) is 25.4 Å². The Bertz CT molecular complexity index is 667. The first kappa shape index (κ1) is 15.3. The Morgan fingerprint density at radius 2 is 2.04 bits per heavy atom. The number of carbonyl (C=O) groups is 2. The highest BCUT2D eigenvalue weighted by Gasteiger charge is 2.38. The molecule has 1 saturated heterocycles. The van der Waals surface area contributed by atoms with E-state index in [1.807, 2.05) is 36.4 Å². The van der Waals surface area contributed by atoms with Crippen LogP contribution in [0.25, 0.3) is 0 Å². The molecule has 5 nitrogen and oxygen atoms in total. The van der Waals surface area contributed by atoms with Crippen molar-refractivity contribution < 1.29 is 14.0 Å². The van der Waals surface area contributed by atoms with Crippen molar-refractivity contribution in [3.05, 3.63) is 60.1 Å². The lowest BCUT2D eigenvalue weighted by Crippen LogP contribution is -2.46. The van der Waals surface area contributed by atoms with Crippen LogP contribution in [0.4, 0.5) is 0 Å². The van der Waals surface area contributed by atoms with Crippen LogP contribution in [-0.2, 0) is 16.1 Å². The van der Waals surface area contributed by atoms with Gasteiger partial charge in [-0.25, -0.2) is 0 Å². The first-order valence-electron chi connectivity index (χ1n) is 7.77. The average Bonchev–Trinajstić information content (AvgIpc) is 3.09. The van der Waals surface area contributed by atoms with Crippen molar-refractivity contribution >= 4 is 11.8 Å². The minimum Gasteiger partial charge on any atom is -0.467 e. The second-order valence-corrected chi connectivity index (χ2v) is 5.80. The third-order valence-corrected chi connectivity index (χ3v) is 4.36. The van der Waals surface area contributed by atoms with Crippen molar-refractivity contribution in [3.63, 3.8) is 0 Å². The lowest BCUT2D eigenvalue weighted by molar-refractivity contribution is -0.141. The number of piperidine rings is 1. The van der Waals surface area contributed by atoms with E-state index >= 15 is 0 Å². The number of carbonyl (C=O) groups excluding carboxylic acids is 2. The summed E-state index contributed by atoms with van der Waals surface area (Å²) in [5, 5.41) is 2.92. The van der Waals surface area contributed by atoms with Gasteiger partial charge in [0.05, 0.1) is 24.8 Å². The van der Waals surface area contributed by atoms with E-state index in [1.165, 1.54) is 0 Å². The summed E-state index contributed by atoms with van der Waals surface area (Å²) in [6.07, 6.45) is 2.55. The number of hydrogen-bond donors (Lipinski definition) is 1. The van der Waals surface area contributed by atoms with Crippen molar-refractivity contribution in [2.24, 2.45) is 5.92 Å². The van der Waals surface area contributed by atoms with Crippen LogP contribution in [0.5, 0.6) is 0 Å². The molecule has 0 unspecified atom stereocenters. The van der Waals surface area contributed by atoms with E-state index in [-0.39, 0.29) is 23.8 Å². The van der Waals surface area contributed by atoms with Gasteiger partial charge in [-0.1, -0.05) is 30.3 Å². The number of nitrogens with one attached hydrogen (secondary N) is 1. The molecule has 0 spiro atoms. The zero-order chi connectivity index (χ0) is 16.2. The lowest BCUT2D eigenvalue weighted by atomic mass is 9.84. The lowest BCUT2D eigenvalue weighted by Gasteiger charge is -2.38. The van der Waals surface area contributed by atoms with E-state index in [9.17, 15) is 9.59 Å². The van der Waals surface area contributed by atoms with Crippen LogP contribution in [0.15, 0.2) is 53.1 Å². The predicted octanol–water partition coefficient (Wildman–Crippen LogP) is 2.51. The Balaban J connectivity index is 1.77. The van der Waals surface area contributed by atoms with Gasteiger partial charge in [0, 0.05) is 13.5 Å². The fourth-order valence-electron chi connectivity index (χ4n) is 3.14. The van der Waals surface area contributed by atoms with Crippen molar-refractivity contribution in [1.29, 1.82) is 0 Å². The average molecular weight is 312 g/mol. The number of nitrogens with zero attached hydrogens (tertiary/aromatic N) is 1. The summed E-state index contributed by atoms with van der Waals surface area (Å²) in [5.41, 5.74) is 0.987. The molecule has 2 atom stereocenters. The molecule has 0 radical (unpaired) electrons. The van der Waals surface area contributed by atoms with E-state index in [2.05, 4.69) is 5.32 Å². The van der Waals surface area contributed by atoms with Crippen LogP contribution in [-0.4, -0.2) is 23.8 Å². The number of furan rings is 1. The molecule has 1 fully saturated rings. The standard InChI is InChI=1S/C18H20N2O3/c1-20-16(21)10-9-15(17(20)13-6-3-2-4-7-13)18(22)19-12-14-8-5-11-23-14/h2-8,11,15,17H,9-10,12H2,1H3,(H,19,22)/t15-,17-/m1/s1. The summed E-state index contributed by atoms with van der Waals surface area (Å²) in [5.74, 6) is 0.494. The highest BCUT2D eigenvalue weighted by atomic mass is 16.3. The molecule has 0 saturated carbocycles. The zero-order valence-electron chi connectivity index (χ0n) is 13.1. The molecule has 0 aliphatic carbocycles. The third-order valence-electron chi connectivity index (χ3n) is 4.36. The normalized spacial score (nSPS) is 21.3. The molecule has 1 aliphatic heterocycles. The number of benzene rings is 1. The fraction of sp³-hybridized carbons (Fsp3) is 0.333. The fourth-order valence-corrected chi connectivity index (χ4v) is 3.14. The summed E-state index contributed by atoms with van der Waals surface area (Å²) in [4.78, 5) is 26.4. The first-order valence-corrected chi connectivity index (χ1v) is 7.77. The number of amides is 2. The van der Waals surface area contributed by atoms with Crippen LogP contribution in [0, 0.1) is 5.92 Å². The van der Waals surface area contributed by atoms with E-state index in [1.54, 1.807) is 24.3 Å². The summed E-state index contributed by atoms with van der Waals surface area (Å²) < 4.78 is 5.24. The summed E-state index contributed by atoms with van der Waals surface area (Å²) in [6, 6.07) is 13.1. The van der Waals surface area contributed by atoms with Crippen LogP contribution >= 0.6 is 0 Å². The number of rotatable bonds is 4. The Morgan fingerprint density at radius 1 is 1.26 bits per heavy atom. The van der Waals surface area contributed by atoms with E-state index in [0.717, 1.165) is 11.3 Å². The van der Waals surface area contributed by atoms with Crippen LogP contribution in [0.2, 0.25) is 0 Å². The predicted molar refractivity (Wildman–Crippen MR) is 85.2 cm³/mol. The Hall–Kier alpha value is -2.56. The van der Waals surface area contributed by atoms with Crippen molar-refractivity contribution in [3.8, 4) is 0 Å². The molecular weight excluding hydrogens is 292 g/mol. The van der Waals surface area contributed by atoms with E-state index in [4.69, 9.17) is 4.42 Å². The van der Waals surface area contributed by atoms with Gasteiger partial charge in [-0.05, 0) is 24.1 Å². The molecule has 2 amide bonds. The van der Waals surface area contributed by atoms with Crippen molar-refractivity contribution in [1.82, 2.24) is 10.2 Å². The molecule has 5 heteroatoms. The topological polar surface area (TPSA) is 62.6 Å². The molecule has 0 bridgehead atoms. The van der Waals surface area contributed by atoms with Crippen molar-refractivity contribution in [2.75, 3.05) is 7.05 Å². The van der Waals surface area contributed by atoms with Gasteiger partial charge in [0.25, 0.3) is 0 Å². The number of likely N-dealkylation sites (tertiary alicyclic amines) is 1. The molecular formula is C18H20N2O3. The van der Waals surface area contributed by atoms with Gasteiger partial charge >= 0.3 is 0 Å². The smallest absolute Gasteiger partial charge is 0.225 e. The van der Waals surface area contributed by atoms with Gasteiger partial charge in [-0.15, -0.1) is 0 Å². The second-order valence-electron chi connectivity index (χ2n) is 5.80. The largest absolute Gasteiger partial charge is 0.467 e. The summed E-state index contributed by atoms with van der Waals surface area (Å²) >= 11 is 0. The molecule has 1 aromatic heterocycles. The van der Waals surface area contributed by atoms with Crippen LogP contribution in [0.3, 0.4) is 0 Å². The molecule has 1 N–H and O–H groups in total. The quantitative estimate of drug-likeness (QED) is 0.943. The Labute approximate surface area is 135 Å². The molecule has 120 valence electrons. The van der Waals surface area contributed by atoms with Crippen LogP contribution in [0.1, 0.15) is 30.2 Å². The SMILES string of the molecule is CN1C(=O)CC[C@@H](C(=O)NCc2ccco2)[C@H]1c1ccccc1. The maximum Gasteiger partial charge on any atom is 0.225 e. The zero-order valence-corrected chi connectivity index (χ0v) is 13.1. The number of hydrogen-bond acceptors (Lipinski definition) is 3. The maximum absolute atomic E-state index is 12.6. The third kappa shape index (κ3) is 3.28. The highest BCUT2D eigenvalue weighted by Crippen LogP contribution is 2.35. The Kier molecular flexibility index (Phi) is 4.46. The maximum atomic E-state index is 12.6. The molecule has 1 aromatic carbocycles. The first-order chi connectivity index (χ1) is 11.2. The van der Waals surface area contributed by atoms with E-state index in [0.29, 0.717) is 19.4 Å². The second kappa shape index (κ2) is 6.69. The molecule has 23 heavy (non-hydrogen) atoms. The molecule has 1 aliphatic rings. The molecule has 3 rings (SSSR count). The van der Waals surface area contributed by atoms with Gasteiger partial charge < -0.3 is 14.6 Å². The van der Waals surface area contributed by atoms with Gasteiger partial charge in [0.15, 0.2) is 0 Å². The van der Waals surface area contributed by atoms with E-state index < -0.39 is 0 Å². The van der Waals surface area contributed by atoms with Gasteiger partial charge in [-0.3, -0.25) is 9.59 Å². The van der Waals surface area contributed by atoms with Gasteiger partial charge in [0.2, 0.25) is 11.8 Å². The van der Waals surface area contributed by atoms with Gasteiger partial charge in [0.1, 0.15) is 5.76 Å². The minimum absolute atomic E-state index is 0.0467. The summed E-state index contributed by atoms with van der Waals surface area (Å²) in [6.45, 7) is 0.363. The summed E-state index contributed by atoms with van der Waals surface area (Å²) in [7, 11) is 1.77. The monoisotopic (exact) mass is 312 g/mol. The van der Waals surface area contributed by atoms with Crippen LogP contribution < -0.4 is 5.32 Å². The molecule has 2 heterocycles. The van der Waals surface area contributed by atoms with Gasteiger partial charge in [-0.2, -0.15) is 0 Å².